The highest BCUT2D eigenvalue weighted by molar-refractivity contribution is 6.33. The van der Waals surface area contributed by atoms with Crippen molar-refractivity contribution in [1.82, 2.24) is 10.2 Å². The fourth-order valence-corrected chi connectivity index (χ4v) is 2.95. The fraction of sp³-hybridized carbons (Fsp3) is 0.0952. The molecule has 1 aliphatic heterocycles. The summed E-state index contributed by atoms with van der Waals surface area (Å²) in [6.45, 7) is 0.132. The standard InChI is InChI=1S/C21H17ClN2O4/c22-18-9-5-4-8-17(18)19-11-10-16(12-24(19)20(26)13-25)23-21(27)28-14-15-6-2-1-3-7-15/h1-11,13H,12,14H2,(H,23,27). The highest BCUT2D eigenvalue weighted by Gasteiger charge is 2.25. The summed E-state index contributed by atoms with van der Waals surface area (Å²) in [7, 11) is 0. The second-order valence-electron chi connectivity index (χ2n) is 5.95. The zero-order valence-corrected chi connectivity index (χ0v) is 15.6. The Morgan fingerprint density at radius 1 is 1.07 bits per heavy atom. The first kappa shape index (κ1) is 19.4. The second-order valence-corrected chi connectivity index (χ2v) is 6.36. The SMILES string of the molecule is O=CC(=O)N1CC(NC(=O)OCc2ccccc2)=CC=C1c1ccccc1Cl. The van der Waals surface area contributed by atoms with Crippen molar-refractivity contribution in [2.75, 3.05) is 6.54 Å². The number of carbonyl (C=O) groups is 3. The van der Waals surface area contributed by atoms with E-state index >= 15 is 0 Å². The maximum absolute atomic E-state index is 12.1. The van der Waals surface area contributed by atoms with E-state index < -0.39 is 12.0 Å². The van der Waals surface area contributed by atoms with Gasteiger partial charge in [-0.15, -0.1) is 0 Å². The summed E-state index contributed by atoms with van der Waals surface area (Å²) in [5, 5.41) is 3.05. The van der Waals surface area contributed by atoms with Crippen LogP contribution >= 0.6 is 11.6 Å². The summed E-state index contributed by atoms with van der Waals surface area (Å²) < 4.78 is 5.18. The third-order valence-electron chi connectivity index (χ3n) is 4.05. The molecular formula is C21H17ClN2O4. The Kier molecular flexibility index (Phi) is 6.24. The second kappa shape index (κ2) is 9.01. The lowest BCUT2D eigenvalue weighted by Gasteiger charge is -2.28. The zero-order valence-electron chi connectivity index (χ0n) is 14.8. The molecule has 0 radical (unpaired) electrons. The van der Waals surface area contributed by atoms with Crippen LogP contribution in [0, 0.1) is 0 Å². The number of alkyl carbamates (subject to hydrolysis) is 1. The molecule has 28 heavy (non-hydrogen) atoms. The minimum absolute atomic E-state index is 0.00899. The predicted octanol–water partition coefficient (Wildman–Crippen LogP) is 3.53. The molecule has 0 unspecified atom stereocenters. The van der Waals surface area contributed by atoms with Gasteiger partial charge in [0.2, 0.25) is 6.29 Å². The molecule has 3 rings (SSSR count). The maximum atomic E-state index is 12.1. The lowest BCUT2D eigenvalue weighted by Crippen LogP contribution is -2.38. The molecule has 0 fully saturated rings. The minimum atomic E-state index is -0.740. The Hall–Kier alpha value is -3.38. The zero-order chi connectivity index (χ0) is 19.9. The molecule has 7 heteroatoms. The number of nitrogens with zero attached hydrogens (tertiary/aromatic N) is 1. The number of amides is 2. The van der Waals surface area contributed by atoms with E-state index in [4.69, 9.17) is 16.3 Å². The van der Waals surface area contributed by atoms with Gasteiger partial charge in [0.05, 0.1) is 12.2 Å². The Morgan fingerprint density at radius 3 is 2.50 bits per heavy atom. The number of benzene rings is 2. The lowest BCUT2D eigenvalue weighted by atomic mass is 10.1. The lowest BCUT2D eigenvalue weighted by molar-refractivity contribution is -0.136. The number of nitrogens with one attached hydrogen (secondary N) is 1. The van der Waals surface area contributed by atoms with Gasteiger partial charge < -0.3 is 4.74 Å². The molecule has 0 spiro atoms. The van der Waals surface area contributed by atoms with Gasteiger partial charge in [0, 0.05) is 16.3 Å². The van der Waals surface area contributed by atoms with Crippen molar-refractivity contribution < 1.29 is 19.1 Å². The van der Waals surface area contributed by atoms with E-state index in [9.17, 15) is 14.4 Å². The van der Waals surface area contributed by atoms with E-state index in [1.807, 2.05) is 30.3 Å². The van der Waals surface area contributed by atoms with Gasteiger partial charge in [-0.2, -0.15) is 0 Å². The molecule has 0 bridgehead atoms. The quantitative estimate of drug-likeness (QED) is 0.619. The summed E-state index contributed by atoms with van der Waals surface area (Å²) in [6.07, 6.45) is 2.85. The van der Waals surface area contributed by atoms with Crippen molar-refractivity contribution in [3.63, 3.8) is 0 Å². The van der Waals surface area contributed by atoms with Crippen molar-refractivity contribution in [2.24, 2.45) is 0 Å². The number of hydrogen-bond acceptors (Lipinski definition) is 4. The van der Waals surface area contributed by atoms with Gasteiger partial charge in [-0.3, -0.25) is 19.8 Å². The molecule has 2 aromatic rings. The summed E-state index contributed by atoms with van der Waals surface area (Å²) in [5.74, 6) is -0.740. The van der Waals surface area contributed by atoms with E-state index in [0.717, 1.165) is 5.56 Å². The third kappa shape index (κ3) is 4.66. The van der Waals surface area contributed by atoms with Crippen LogP contribution in [0.2, 0.25) is 5.02 Å². The van der Waals surface area contributed by atoms with E-state index in [1.54, 1.807) is 36.4 Å². The highest BCUT2D eigenvalue weighted by Crippen LogP contribution is 2.29. The molecule has 6 nitrogen and oxygen atoms in total. The number of rotatable bonds is 5. The molecule has 0 aromatic heterocycles. The number of carbonyl (C=O) groups excluding carboxylic acids is 3. The fourth-order valence-electron chi connectivity index (χ4n) is 2.71. The van der Waals surface area contributed by atoms with Crippen molar-refractivity contribution in [1.29, 1.82) is 0 Å². The van der Waals surface area contributed by atoms with Gasteiger partial charge in [0.15, 0.2) is 0 Å². The van der Waals surface area contributed by atoms with Crippen molar-refractivity contribution in [3.05, 3.63) is 88.6 Å². The summed E-state index contributed by atoms with van der Waals surface area (Å²) >= 11 is 6.21. The number of allylic oxidation sites excluding steroid dienone is 2. The van der Waals surface area contributed by atoms with Crippen LogP contribution in [-0.4, -0.2) is 29.7 Å². The van der Waals surface area contributed by atoms with Crippen LogP contribution in [-0.2, 0) is 20.9 Å². The van der Waals surface area contributed by atoms with Crippen LogP contribution in [0.15, 0.2) is 72.4 Å². The molecule has 1 N–H and O–H groups in total. The first-order valence-corrected chi connectivity index (χ1v) is 8.86. The molecule has 1 heterocycles. The molecule has 2 aromatic carbocycles. The molecule has 2 amide bonds. The first-order chi connectivity index (χ1) is 13.6. The number of halogens is 1. The predicted molar refractivity (Wildman–Crippen MR) is 105 cm³/mol. The van der Waals surface area contributed by atoms with Crippen molar-refractivity contribution >= 4 is 35.6 Å². The van der Waals surface area contributed by atoms with Crippen LogP contribution in [0.4, 0.5) is 4.79 Å². The average molecular weight is 397 g/mol. The molecule has 0 atom stereocenters. The van der Waals surface area contributed by atoms with Gasteiger partial charge >= 0.3 is 6.09 Å². The van der Waals surface area contributed by atoms with Crippen molar-refractivity contribution in [2.45, 2.75) is 6.61 Å². The number of ether oxygens (including phenoxy) is 1. The maximum Gasteiger partial charge on any atom is 0.411 e. The molecule has 0 saturated carbocycles. The topological polar surface area (TPSA) is 75.7 Å². The molecule has 0 saturated heterocycles. The van der Waals surface area contributed by atoms with E-state index in [-0.39, 0.29) is 19.4 Å². The Bertz CT molecular complexity index is 954. The van der Waals surface area contributed by atoms with E-state index in [2.05, 4.69) is 5.32 Å². The first-order valence-electron chi connectivity index (χ1n) is 8.48. The monoisotopic (exact) mass is 396 g/mol. The van der Waals surface area contributed by atoms with Gasteiger partial charge in [0.25, 0.3) is 5.91 Å². The Morgan fingerprint density at radius 2 is 1.79 bits per heavy atom. The largest absolute Gasteiger partial charge is 0.444 e. The van der Waals surface area contributed by atoms with Crippen LogP contribution < -0.4 is 5.32 Å². The average Bonchev–Trinajstić information content (AvgIpc) is 2.73. The van der Waals surface area contributed by atoms with E-state index in [0.29, 0.717) is 22.0 Å². The van der Waals surface area contributed by atoms with Crippen LogP contribution in [0.5, 0.6) is 0 Å². The number of aldehydes is 1. The van der Waals surface area contributed by atoms with E-state index in [1.165, 1.54) is 4.90 Å². The molecule has 1 aliphatic rings. The van der Waals surface area contributed by atoms with Crippen molar-refractivity contribution in [3.8, 4) is 0 Å². The van der Waals surface area contributed by atoms with Gasteiger partial charge in [-0.1, -0.05) is 60.1 Å². The van der Waals surface area contributed by atoms with Gasteiger partial charge in [-0.25, -0.2) is 4.79 Å². The van der Waals surface area contributed by atoms with Crippen LogP contribution in [0.25, 0.3) is 5.70 Å². The Labute approximate surface area is 167 Å². The smallest absolute Gasteiger partial charge is 0.411 e. The van der Waals surface area contributed by atoms with Gasteiger partial charge in [0.1, 0.15) is 6.61 Å². The summed E-state index contributed by atoms with van der Waals surface area (Å²) in [6, 6.07) is 16.3. The molecular weight excluding hydrogens is 380 g/mol. The Balaban J connectivity index is 1.74. The normalized spacial score (nSPS) is 13.2. The van der Waals surface area contributed by atoms with Crippen LogP contribution in [0.3, 0.4) is 0 Å². The minimum Gasteiger partial charge on any atom is -0.444 e. The third-order valence-corrected chi connectivity index (χ3v) is 4.38. The number of hydrogen-bond donors (Lipinski definition) is 1. The summed E-state index contributed by atoms with van der Waals surface area (Å²) in [5.41, 5.74) is 2.37. The van der Waals surface area contributed by atoms with Gasteiger partial charge in [-0.05, 0) is 23.8 Å². The summed E-state index contributed by atoms with van der Waals surface area (Å²) in [4.78, 5) is 36.5. The van der Waals surface area contributed by atoms with Crippen LogP contribution in [0.1, 0.15) is 11.1 Å². The highest BCUT2D eigenvalue weighted by atomic mass is 35.5. The molecule has 0 aliphatic carbocycles. The molecule has 142 valence electrons.